The lowest BCUT2D eigenvalue weighted by Crippen LogP contribution is -2.25. The summed E-state index contributed by atoms with van der Waals surface area (Å²) in [6.07, 6.45) is 0.736. The van der Waals surface area contributed by atoms with Crippen LogP contribution in [0.4, 0.5) is 5.69 Å². The van der Waals surface area contributed by atoms with Gasteiger partial charge in [-0.1, -0.05) is 15.9 Å². The first-order valence-corrected chi connectivity index (χ1v) is 7.47. The van der Waals surface area contributed by atoms with Crippen molar-refractivity contribution in [2.24, 2.45) is 0 Å². The molecule has 0 fully saturated rings. The smallest absolute Gasteiger partial charge is 0.251 e. The molecular formula is C13H14BrN3OS. The molecule has 0 aliphatic heterocycles. The number of hydrogen-bond acceptors (Lipinski definition) is 4. The third-order valence-electron chi connectivity index (χ3n) is 2.52. The lowest BCUT2D eigenvalue weighted by Gasteiger charge is -2.05. The molecule has 0 saturated carbocycles. The second kappa shape index (κ2) is 6.16. The van der Waals surface area contributed by atoms with Gasteiger partial charge in [0.1, 0.15) is 0 Å². The summed E-state index contributed by atoms with van der Waals surface area (Å²) in [5.74, 6) is -0.125. The maximum atomic E-state index is 11.9. The van der Waals surface area contributed by atoms with Crippen LogP contribution in [0.1, 0.15) is 21.1 Å². The van der Waals surface area contributed by atoms with Crippen molar-refractivity contribution in [3.8, 4) is 0 Å². The molecule has 100 valence electrons. The molecule has 0 atom stereocenters. The monoisotopic (exact) mass is 339 g/mol. The van der Waals surface area contributed by atoms with Crippen molar-refractivity contribution >= 4 is 38.9 Å². The second-order valence-electron chi connectivity index (χ2n) is 4.14. The van der Waals surface area contributed by atoms with Crippen LogP contribution in [0.5, 0.6) is 0 Å². The number of benzene rings is 1. The number of aromatic nitrogens is 1. The van der Waals surface area contributed by atoms with Crippen molar-refractivity contribution in [1.82, 2.24) is 10.3 Å². The Kier molecular flexibility index (Phi) is 4.55. The molecule has 0 aliphatic carbocycles. The fraction of sp³-hybridized carbons (Fsp3) is 0.231. The van der Waals surface area contributed by atoms with Gasteiger partial charge in [-0.25, -0.2) is 4.98 Å². The summed E-state index contributed by atoms with van der Waals surface area (Å²) in [4.78, 5) is 16.3. The summed E-state index contributed by atoms with van der Waals surface area (Å²) in [5.41, 5.74) is 7.83. The molecule has 0 unspecified atom stereocenters. The van der Waals surface area contributed by atoms with Gasteiger partial charge in [0.25, 0.3) is 5.91 Å². The molecule has 19 heavy (non-hydrogen) atoms. The zero-order chi connectivity index (χ0) is 13.8. The first-order valence-electron chi connectivity index (χ1n) is 5.80. The van der Waals surface area contributed by atoms with Crippen LogP contribution >= 0.6 is 27.3 Å². The fourth-order valence-corrected chi connectivity index (χ4v) is 2.83. The molecule has 2 rings (SSSR count). The molecule has 0 radical (unpaired) electrons. The van der Waals surface area contributed by atoms with E-state index in [-0.39, 0.29) is 5.91 Å². The fourth-order valence-electron chi connectivity index (χ4n) is 1.67. The van der Waals surface area contributed by atoms with Gasteiger partial charge in [0.05, 0.1) is 10.7 Å². The van der Waals surface area contributed by atoms with Gasteiger partial charge < -0.3 is 11.1 Å². The van der Waals surface area contributed by atoms with Crippen LogP contribution < -0.4 is 11.1 Å². The van der Waals surface area contributed by atoms with Crippen LogP contribution in [0.3, 0.4) is 0 Å². The van der Waals surface area contributed by atoms with Crippen LogP contribution in [0, 0.1) is 6.92 Å². The van der Waals surface area contributed by atoms with Gasteiger partial charge in [0.2, 0.25) is 0 Å². The number of aryl methyl sites for hydroxylation is 1. The molecule has 0 aliphatic rings. The molecule has 3 N–H and O–H groups in total. The van der Waals surface area contributed by atoms with Gasteiger partial charge >= 0.3 is 0 Å². The van der Waals surface area contributed by atoms with Gasteiger partial charge in [-0.05, 0) is 25.1 Å². The Balaban J connectivity index is 1.90. The largest absolute Gasteiger partial charge is 0.399 e. The predicted molar refractivity (Wildman–Crippen MR) is 81.4 cm³/mol. The topological polar surface area (TPSA) is 68.0 Å². The van der Waals surface area contributed by atoms with Crippen molar-refractivity contribution < 1.29 is 4.79 Å². The third kappa shape index (κ3) is 4.04. The van der Waals surface area contributed by atoms with E-state index in [0.29, 0.717) is 17.8 Å². The van der Waals surface area contributed by atoms with E-state index in [9.17, 15) is 4.79 Å². The minimum atomic E-state index is -0.125. The van der Waals surface area contributed by atoms with Crippen molar-refractivity contribution in [3.05, 3.63) is 44.3 Å². The number of halogens is 1. The summed E-state index contributed by atoms with van der Waals surface area (Å²) in [5, 5.41) is 5.92. The van der Waals surface area contributed by atoms with Crippen molar-refractivity contribution in [2.45, 2.75) is 13.3 Å². The molecule has 4 nitrogen and oxygen atoms in total. The molecule has 0 spiro atoms. The number of rotatable bonds is 4. The van der Waals surface area contributed by atoms with Gasteiger partial charge in [-0.15, -0.1) is 11.3 Å². The SMILES string of the molecule is Cc1nc(CCNC(=O)c2cc(N)cc(Br)c2)cs1. The second-order valence-corrected chi connectivity index (χ2v) is 6.11. The minimum Gasteiger partial charge on any atom is -0.399 e. The number of nitrogen functional groups attached to an aromatic ring is 1. The Hall–Kier alpha value is -1.40. The number of nitrogens with two attached hydrogens (primary N) is 1. The van der Waals surface area contributed by atoms with E-state index in [1.807, 2.05) is 12.3 Å². The normalized spacial score (nSPS) is 10.4. The highest BCUT2D eigenvalue weighted by molar-refractivity contribution is 9.10. The van der Waals surface area contributed by atoms with Crippen LogP contribution in [0.15, 0.2) is 28.1 Å². The highest BCUT2D eigenvalue weighted by Gasteiger charge is 2.07. The predicted octanol–water partition coefficient (Wildman–Crippen LogP) is 2.77. The van der Waals surface area contributed by atoms with E-state index in [2.05, 4.69) is 26.2 Å². The van der Waals surface area contributed by atoms with E-state index in [1.165, 1.54) is 0 Å². The van der Waals surface area contributed by atoms with Crippen LogP contribution in [-0.4, -0.2) is 17.4 Å². The van der Waals surface area contributed by atoms with Crippen molar-refractivity contribution in [3.63, 3.8) is 0 Å². The van der Waals surface area contributed by atoms with Crippen LogP contribution in [-0.2, 0) is 6.42 Å². The van der Waals surface area contributed by atoms with E-state index < -0.39 is 0 Å². The maximum absolute atomic E-state index is 11.9. The zero-order valence-electron chi connectivity index (χ0n) is 10.4. The first kappa shape index (κ1) is 14.0. The molecule has 6 heteroatoms. The van der Waals surface area contributed by atoms with Gasteiger partial charge in [-0.2, -0.15) is 0 Å². The molecular weight excluding hydrogens is 326 g/mol. The quantitative estimate of drug-likeness (QED) is 0.841. The Bertz CT molecular complexity index is 577. The van der Waals surface area contributed by atoms with E-state index in [1.54, 1.807) is 29.5 Å². The average Bonchev–Trinajstić information content (AvgIpc) is 2.73. The summed E-state index contributed by atoms with van der Waals surface area (Å²) >= 11 is 4.94. The van der Waals surface area contributed by atoms with Crippen LogP contribution in [0.2, 0.25) is 0 Å². The van der Waals surface area contributed by atoms with E-state index >= 15 is 0 Å². The lowest BCUT2D eigenvalue weighted by molar-refractivity contribution is 0.0954. The summed E-state index contributed by atoms with van der Waals surface area (Å²) < 4.78 is 0.799. The number of amides is 1. The molecule has 1 aromatic heterocycles. The molecule has 1 amide bonds. The Labute approximate surface area is 124 Å². The Morgan fingerprint density at radius 3 is 2.89 bits per heavy atom. The summed E-state index contributed by atoms with van der Waals surface area (Å²) in [6, 6.07) is 5.17. The molecule has 0 saturated heterocycles. The molecule has 1 heterocycles. The number of carbonyl (C=O) groups is 1. The first-order chi connectivity index (χ1) is 9.04. The zero-order valence-corrected chi connectivity index (χ0v) is 12.8. The van der Waals surface area contributed by atoms with Crippen molar-refractivity contribution in [2.75, 3.05) is 12.3 Å². The standard InChI is InChI=1S/C13H14BrN3OS/c1-8-17-12(7-19-8)2-3-16-13(18)9-4-10(14)6-11(15)5-9/h4-7H,2-3,15H2,1H3,(H,16,18). The number of hydrogen-bond donors (Lipinski definition) is 2. The van der Waals surface area contributed by atoms with Crippen LogP contribution in [0.25, 0.3) is 0 Å². The molecule has 2 aromatic rings. The Morgan fingerprint density at radius 2 is 2.26 bits per heavy atom. The number of thiazole rings is 1. The van der Waals surface area contributed by atoms with Gasteiger partial charge in [0, 0.05) is 34.1 Å². The van der Waals surface area contributed by atoms with Crippen molar-refractivity contribution in [1.29, 1.82) is 0 Å². The number of nitrogens with zero attached hydrogens (tertiary/aromatic N) is 1. The third-order valence-corrected chi connectivity index (χ3v) is 3.80. The molecule has 1 aromatic carbocycles. The highest BCUT2D eigenvalue weighted by Crippen LogP contribution is 2.17. The number of anilines is 1. The number of nitrogens with one attached hydrogen (secondary N) is 1. The van der Waals surface area contributed by atoms with Gasteiger partial charge in [-0.3, -0.25) is 4.79 Å². The number of carbonyl (C=O) groups excluding carboxylic acids is 1. The highest BCUT2D eigenvalue weighted by atomic mass is 79.9. The van der Waals surface area contributed by atoms with E-state index in [4.69, 9.17) is 5.73 Å². The average molecular weight is 340 g/mol. The lowest BCUT2D eigenvalue weighted by atomic mass is 10.2. The molecule has 0 bridgehead atoms. The van der Waals surface area contributed by atoms with E-state index in [0.717, 1.165) is 21.6 Å². The Morgan fingerprint density at radius 1 is 1.47 bits per heavy atom. The summed E-state index contributed by atoms with van der Waals surface area (Å²) in [6.45, 7) is 2.53. The maximum Gasteiger partial charge on any atom is 0.251 e. The van der Waals surface area contributed by atoms with Gasteiger partial charge in [0.15, 0.2) is 0 Å². The summed E-state index contributed by atoms with van der Waals surface area (Å²) in [7, 11) is 0. The minimum absolute atomic E-state index is 0.125.